The zero-order valence-corrected chi connectivity index (χ0v) is 8.96. The summed E-state index contributed by atoms with van der Waals surface area (Å²) in [5, 5.41) is 9.21. The van der Waals surface area contributed by atoms with Gasteiger partial charge in [-0.25, -0.2) is 4.79 Å². The van der Waals surface area contributed by atoms with Crippen molar-refractivity contribution in [1.29, 1.82) is 0 Å². The van der Waals surface area contributed by atoms with Crippen LogP contribution in [0.15, 0.2) is 30.2 Å². The Bertz CT molecular complexity index is 536. The van der Waals surface area contributed by atoms with Gasteiger partial charge in [-0.1, -0.05) is 6.07 Å². The second-order valence-electron chi connectivity index (χ2n) is 4.20. The average molecular weight is 230 g/mol. The quantitative estimate of drug-likeness (QED) is 0.766. The van der Waals surface area contributed by atoms with E-state index >= 15 is 0 Å². The summed E-state index contributed by atoms with van der Waals surface area (Å²) in [5.41, 5.74) is 1.62. The summed E-state index contributed by atoms with van der Waals surface area (Å²) in [6.45, 7) is 0. The van der Waals surface area contributed by atoms with Crippen LogP contribution in [0.25, 0.3) is 5.57 Å². The minimum atomic E-state index is -1.04. The first kappa shape index (κ1) is 10.0. The largest absolute Gasteiger partial charge is 0.477 e. The van der Waals surface area contributed by atoms with Crippen LogP contribution in [-0.4, -0.2) is 32.9 Å². The molecular weight excluding hydrogens is 220 g/mol. The van der Waals surface area contributed by atoms with E-state index in [0.717, 1.165) is 5.56 Å². The van der Waals surface area contributed by atoms with Crippen molar-refractivity contribution < 1.29 is 14.7 Å². The number of carboxylic acid groups (broad SMARTS) is 1. The van der Waals surface area contributed by atoms with Gasteiger partial charge in [-0.2, -0.15) is 0 Å². The third kappa shape index (κ3) is 1.35. The van der Waals surface area contributed by atoms with Crippen molar-refractivity contribution in [2.24, 2.45) is 0 Å². The van der Waals surface area contributed by atoms with Crippen molar-refractivity contribution in [2.45, 2.75) is 18.9 Å². The summed E-state index contributed by atoms with van der Waals surface area (Å²) in [6, 6.07) is 3.62. The van der Waals surface area contributed by atoms with E-state index in [1.165, 1.54) is 4.90 Å². The maximum absolute atomic E-state index is 11.4. The van der Waals surface area contributed by atoms with Gasteiger partial charge in [-0.15, -0.1) is 0 Å². The van der Waals surface area contributed by atoms with Gasteiger partial charge in [0.1, 0.15) is 5.70 Å². The van der Waals surface area contributed by atoms with E-state index in [1.807, 2.05) is 6.07 Å². The van der Waals surface area contributed by atoms with Gasteiger partial charge in [-0.05, 0) is 23.6 Å². The molecule has 1 N–H and O–H groups in total. The SMILES string of the molecule is O=C(O)C1=C(c2cccnc2)CC2CC(=O)N12. The summed E-state index contributed by atoms with van der Waals surface area (Å²) in [4.78, 5) is 28.0. The number of amides is 1. The number of aromatic nitrogens is 1. The second kappa shape index (κ2) is 3.41. The van der Waals surface area contributed by atoms with Crippen molar-refractivity contribution >= 4 is 17.4 Å². The first-order chi connectivity index (χ1) is 8.18. The van der Waals surface area contributed by atoms with Gasteiger partial charge in [0.05, 0.1) is 6.04 Å². The third-order valence-electron chi connectivity index (χ3n) is 3.22. The zero-order chi connectivity index (χ0) is 12.0. The van der Waals surface area contributed by atoms with Gasteiger partial charge in [0.2, 0.25) is 5.91 Å². The van der Waals surface area contributed by atoms with E-state index in [1.54, 1.807) is 18.5 Å². The average Bonchev–Trinajstić information content (AvgIpc) is 2.63. The minimum Gasteiger partial charge on any atom is -0.477 e. The first-order valence-electron chi connectivity index (χ1n) is 5.37. The fraction of sp³-hybridized carbons (Fsp3) is 0.250. The Kier molecular flexibility index (Phi) is 2.01. The van der Waals surface area contributed by atoms with E-state index in [-0.39, 0.29) is 17.6 Å². The highest BCUT2D eigenvalue weighted by Gasteiger charge is 2.47. The molecule has 3 rings (SSSR count). The van der Waals surface area contributed by atoms with Crippen molar-refractivity contribution in [1.82, 2.24) is 9.88 Å². The number of β-lactam (4-membered cyclic amide) rings is 1. The predicted octanol–water partition coefficient (Wildman–Crippen LogP) is 0.882. The van der Waals surface area contributed by atoms with Crippen LogP contribution in [0, 0.1) is 0 Å². The van der Waals surface area contributed by atoms with E-state index in [4.69, 9.17) is 0 Å². The van der Waals surface area contributed by atoms with Crippen LogP contribution in [0.4, 0.5) is 0 Å². The van der Waals surface area contributed by atoms with E-state index in [0.29, 0.717) is 18.4 Å². The van der Waals surface area contributed by atoms with Crippen molar-refractivity contribution in [3.05, 3.63) is 35.8 Å². The number of hydrogen-bond acceptors (Lipinski definition) is 3. The highest BCUT2D eigenvalue weighted by Crippen LogP contribution is 2.42. The van der Waals surface area contributed by atoms with Crippen molar-refractivity contribution in [2.75, 3.05) is 0 Å². The molecule has 0 spiro atoms. The normalized spacial score (nSPS) is 22.5. The van der Waals surface area contributed by atoms with Crippen LogP contribution in [0.3, 0.4) is 0 Å². The Balaban J connectivity index is 2.10. The van der Waals surface area contributed by atoms with E-state index < -0.39 is 5.97 Å². The first-order valence-corrected chi connectivity index (χ1v) is 5.37. The third-order valence-corrected chi connectivity index (χ3v) is 3.22. The van der Waals surface area contributed by atoms with Crippen LogP contribution in [-0.2, 0) is 9.59 Å². The number of pyridine rings is 1. The van der Waals surface area contributed by atoms with Gasteiger partial charge in [0.15, 0.2) is 0 Å². The maximum atomic E-state index is 11.4. The van der Waals surface area contributed by atoms with Gasteiger partial charge in [0.25, 0.3) is 0 Å². The topological polar surface area (TPSA) is 70.5 Å². The van der Waals surface area contributed by atoms with Gasteiger partial charge in [0, 0.05) is 18.8 Å². The minimum absolute atomic E-state index is 0.0313. The van der Waals surface area contributed by atoms with Gasteiger partial charge in [-0.3, -0.25) is 9.78 Å². The molecule has 1 unspecified atom stereocenters. The van der Waals surface area contributed by atoms with Crippen LogP contribution in [0.1, 0.15) is 18.4 Å². The van der Waals surface area contributed by atoms with Crippen LogP contribution < -0.4 is 0 Å². The molecule has 1 aromatic heterocycles. The molecule has 86 valence electrons. The predicted molar refractivity (Wildman–Crippen MR) is 58.7 cm³/mol. The van der Waals surface area contributed by atoms with Gasteiger partial charge < -0.3 is 10.0 Å². The highest BCUT2D eigenvalue weighted by atomic mass is 16.4. The number of nitrogens with zero attached hydrogens (tertiary/aromatic N) is 2. The number of fused-ring (bicyclic) bond motifs is 1. The lowest BCUT2D eigenvalue weighted by atomic mass is 9.98. The van der Waals surface area contributed by atoms with Gasteiger partial charge >= 0.3 is 5.97 Å². The number of carbonyl (C=O) groups excluding carboxylic acids is 1. The summed E-state index contributed by atoms with van der Waals surface area (Å²) in [6.07, 6.45) is 4.33. The Hall–Kier alpha value is -2.17. The molecule has 0 aromatic carbocycles. The number of carbonyl (C=O) groups is 2. The number of aliphatic carboxylic acids is 1. The molecule has 5 nitrogen and oxygen atoms in total. The number of hydrogen-bond donors (Lipinski definition) is 1. The molecule has 2 aliphatic heterocycles. The monoisotopic (exact) mass is 230 g/mol. The van der Waals surface area contributed by atoms with Crippen molar-refractivity contribution in [3.63, 3.8) is 0 Å². The lowest BCUT2D eigenvalue weighted by Crippen LogP contribution is -2.49. The molecule has 1 aromatic rings. The lowest BCUT2D eigenvalue weighted by Gasteiger charge is -2.35. The molecule has 1 saturated heterocycles. The molecule has 0 bridgehead atoms. The maximum Gasteiger partial charge on any atom is 0.352 e. The zero-order valence-electron chi connectivity index (χ0n) is 8.96. The summed E-state index contributed by atoms with van der Waals surface area (Å²) in [5.74, 6) is -1.15. The number of rotatable bonds is 2. The number of carboxylic acids is 1. The Morgan fingerprint density at radius 1 is 1.47 bits per heavy atom. The Morgan fingerprint density at radius 2 is 2.29 bits per heavy atom. The summed E-state index contributed by atoms with van der Waals surface area (Å²) < 4.78 is 0. The Morgan fingerprint density at radius 3 is 2.88 bits per heavy atom. The second-order valence-corrected chi connectivity index (χ2v) is 4.20. The highest BCUT2D eigenvalue weighted by molar-refractivity contribution is 6.05. The molecule has 1 amide bonds. The smallest absolute Gasteiger partial charge is 0.352 e. The molecule has 5 heteroatoms. The van der Waals surface area contributed by atoms with Crippen LogP contribution in [0.2, 0.25) is 0 Å². The molecule has 0 aliphatic carbocycles. The van der Waals surface area contributed by atoms with Crippen LogP contribution in [0.5, 0.6) is 0 Å². The summed E-state index contributed by atoms with van der Waals surface area (Å²) >= 11 is 0. The molecule has 0 radical (unpaired) electrons. The van der Waals surface area contributed by atoms with E-state index in [2.05, 4.69) is 4.98 Å². The van der Waals surface area contributed by atoms with E-state index in [9.17, 15) is 14.7 Å². The Labute approximate surface area is 97.4 Å². The van der Waals surface area contributed by atoms with Crippen molar-refractivity contribution in [3.8, 4) is 0 Å². The lowest BCUT2D eigenvalue weighted by molar-refractivity contribution is -0.147. The molecule has 3 heterocycles. The standard InChI is InChI=1S/C12H10N2O3/c15-10-5-8-4-9(7-2-1-3-13-6-7)11(12(16)17)14(8)10/h1-3,6,8H,4-5H2,(H,16,17). The molecule has 2 aliphatic rings. The fourth-order valence-electron chi connectivity index (χ4n) is 2.46. The molecule has 17 heavy (non-hydrogen) atoms. The van der Waals surface area contributed by atoms with Crippen LogP contribution >= 0.6 is 0 Å². The molecule has 1 fully saturated rings. The molecule has 0 saturated carbocycles. The fourth-order valence-corrected chi connectivity index (χ4v) is 2.46. The molecule has 1 atom stereocenters. The summed E-state index contributed by atoms with van der Waals surface area (Å²) in [7, 11) is 0. The molecular formula is C12H10N2O3.